The van der Waals surface area contributed by atoms with E-state index in [0.29, 0.717) is 0 Å². The lowest BCUT2D eigenvalue weighted by molar-refractivity contribution is 0.963. The van der Waals surface area contributed by atoms with Gasteiger partial charge in [-0.25, -0.2) is 0 Å². The monoisotopic (exact) mass is 254 g/mol. The third-order valence-corrected chi connectivity index (χ3v) is 1.57. The van der Waals surface area contributed by atoms with Crippen LogP contribution in [0.3, 0.4) is 0 Å². The highest BCUT2D eigenvalue weighted by Gasteiger charge is 1.95. The molecule has 0 spiro atoms. The van der Waals surface area contributed by atoms with Crippen LogP contribution in [0.4, 0.5) is 0 Å². The highest BCUT2D eigenvalue weighted by atomic mass is 79.9. The first-order valence-electron chi connectivity index (χ1n) is 4.03. The van der Waals surface area contributed by atoms with E-state index < -0.39 is 6.85 Å². The lowest BCUT2D eigenvalue weighted by Crippen LogP contribution is -1.85. The molecule has 0 fully saturated rings. The van der Waals surface area contributed by atoms with Crippen LogP contribution in [0, 0.1) is 6.85 Å². The minimum atomic E-state index is -2.35. The second kappa shape index (κ2) is 2.75. The first-order valence-corrected chi connectivity index (χ1v) is 3.61. The Bertz CT molecular complexity index is 338. The van der Waals surface area contributed by atoms with Crippen molar-refractivity contribution in [2.24, 2.45) is 0 Å². The molecule has 0 aliphatic heterocycles. The van der Waals surface area contributed by atoms with Gasteiger partial charge in [0.15, 0.2) is 0 Å². The van der Waals surface area contributed by atoms with Gasteiger partial charge < -0.3 is 0 Å². The molecule has 4 heteroatoms. The fourth-order valence-corrected chi connectivity index (χ4v) is 0.773. The number of hydrogen-bond acceptors (Lipinski definition) is 2. The molecule has 0 aromatic carbocycles. The number of halogens is 2. The molecule has 9 heavy (non-hydrogen) atoms. The van der Waals surface area contributed by atoms with E-state index in [4.69, 9.17) is 5.48 Å². The molecule has 1 aromatic heterocycles. The molecule has 0 aliphatic rings. The lowest BCUT2D eigenvalue weighted by atomic mass is 10.4. The van der Waals surface area contributed by atoms with Gasteiger partial charge in [-0.1, -0.05) is 0 Å². The Kier molecular flexibility index (Phi) is 1.05. The first-order chi connectivity index (χ1) is 5.84. The Morgan fingerprint density at radius 3 is 3.00 bits per heavy atom. The molecule has 0 atom stereocenters. The molecule has 1 aromatic rings. The van der Waals surface area contributed by atoms with E-state index in [9.17, 15) is 0 Å². The van der Waals surface area contributed by atoms with Crippen LogP contribution in [-0.2, 0) is 0 Å². The minimum absolute atomic E-state index is 0.0840. The molecular formula is C5H4Br2N2. The summed E-state index contributed by atoms with van der Waals surface area (Å²) in [6.07, 6.45) is 0. The number of hydrogen-bond donors (Lipinski definition) is 0. The predicted octanol–water partition coefficient (Wildman–Crippen LogP) is 2.31. The molecule has 0 bridgehead atoms. The van der Waals surface area contributed by atoms with Crippen molar-refractivity contribution in [1.82, 2.24) is 10.2 Å². The maximum absolute atomic E-state index is 7.45. The van der Waals surface area contributed by atoms with E-state index in [1.807, 2.05) is 0 Å². The summed E-state index contributed by atoms with van der Waals surface area (Å²) in [6, 6.07) is -0.165. The summed E-state index contributed by atoms with van der Waals surface area (Å²) in [5.41, 5.74) is -0.130. The van der Waals surface area contributed by atoms with Gasteiger partial charge in [0, 0.05) is 4.11 Å². The fraction of sp³-hybridized carbons (Fsp3) is 0.200. The number of rotatable bonds is 0. The largest absolute Gasteiger partial charge is 0.142 e. The average Bonchev–Trinajstić information content (AvgIpc) is 1.95. The van der Waals surface area contributed by atoms with Crippen LogP contribution in [-0.4, -0.2) is 10.2 Å². The number of nitrogens with zero attached hydrogens (tertiary/aromatic N) is 2. The van der Waals surface area contributed by atoms with Crippen molar-refractivity contribution in [3.63, 3.8) is 0 Å². The average molecular weight is 256 g/mol. The van der Waals surface area contributed by atoms with E-state index in [1.54, 1.807) is 0 Å². The van der Waals surface area contributed by atoms with Crippen LogP contribution < -0.4 is 0 Å². The van der Waals surface area contributed by atoms with Crippen LogP contribution in [0.25, 0.3) is 0 Å². The molecule has 0 saturated carbocycles. The lowest BCUT2D eigenvalue weighted by Gasteiger charge is -1.93. The quantitative estimate of drug-likeness (QED) is 0.711. The standard InChI is InChI=1S/C5H4Br2N2/c1-3-2-4(6)8-9-5(3)7/h2H,1H3/i1D3,2D. The van der Waals surface area contributed by atoms with Crippen molar-refractivity contribution in [2.45, 2.75) is 6.85 Å². The van der Waals surface area contributed by atoms with Crippen molar-refractivity contribution in [1.29, 1.82) is 0 Å². The van der Waals surface area contributed by atoms with Gasteiger partial charge in [-0.2, -0.15) is 0 Å². The predicted molar refractivity (Wildman–Crippen MR) is 42.2 cm³/mol. The summed E-state index contributed by atoms with van der Waals surface area (Å²) < 4.78 is 29.1. The van der Waals surface area contributed by atoms with E-state index in [-0.39, 0.29) is 20.8 Å². The van der Waals surface area contributed by atoms with Crippen LogP contribution >= 0.6 is 31.9 Å². The molecule has 0 radical (unpaired) electrons. The van der Waals surface area contributed by atoms with Crippen molar-refractivity contribution in [3.8, 4) is 0 Å². The van der Waals surface area contributed by atoms with Gasteiger partial charge in [-0.3, -0.25) is 0 Å². The fourth-order valence-electron chi connectivity index (χ4n) is 0.318. The normalized spacial score (nSPS) is 17.6. The van der Waals surface area contributed by atoms with Gasteiger partial charge >= 0.3 is 0 Å². The molecule has 0 unspecified atom stereocenters. The second-order valence-corrected chi connectivity index (χ2v) is 2.78. The topological polar surface area (TPSA) is 25.8 Å². The Morgan fingerprint density at radius 2 is 2.44 bits per heavy atom. The molecule has 48 valence electrons. The Morgan fingerprint density at radius 1 is 1.67 bits per heavy atom. The van der Waals surface area contributed by atoms with Crippen molar-refractivity contribution in [2.75, 3.05) is 0 Å². The number of aromatic nitrogens is 2. The first kappa shape index (κ1) is 3.44. The smallest absolute Gasteiger partial charge is 0.131 e. The van der Waals surface area contributed by atoms with Crippen LogP contribution in [0.5, 0.6) is 0 Å². The maximum atomic E-state index is 7.45. The summed E-state index contributed by atoms with van der Waals surface area (Å²) in [7, 11) is 0. The summed E-state index contributed by atoms with van der Waals surface area (Å²) in [4.78, 5) is 0. The molecule has 2 nitrogen and oxygen atoms in total. The van der Waals surface area contributed by atoms with Crippen LogP contribution in [0.2, 0.25) is 0 Å². The van der Waals surface area contributed by atoms with Crippen molar-refractivity contribution < 1.29 is 5.48 Å². The van der Waals surface area contributed by atoms with Crippen molar-refractivity contribution >= 4 is 31.9 Å². The van der Waals surface area contributed by atoms with Gasteiger partial charge in [0.1, 0.15) is 9.21 Å². The maximum Gasteiger partial charge on any atom is 0.131 e. The molecule has 0 N–H and O–H groups in total. The Labute approximate surface area is 75.6 Å². The zero-order valence-corrected chi connectivity index (χ0v) is 7.32. The van der Waals surface area contributed by atoms with Crippen LogP contribution in [0.15, 0.2) is 15.2 Å². The molecular weight excluding hydrogens is 248 g/mol. The second-order valence-electron chi connectivity index (χ2n) is 1.28. The minimum Gasteiger partial charge on any atom is -0.142 e. The zero-order chi connectivity index (χ0) is 10.2. The zero-order valence-electron chi connectivity index (χ0n) is 8.15. The van der Waals surface area contributed by atoms with Gasteiger partial charge in [0.05, 0.1) is 1.37 Å². The summed E-state index contributed by atoms with van der Waals surface area (Å²) in [5, 5.41) is 7.08. The van der Waals surface area contributed by atoms with Gasteiger partial charge in [-0.05, 0) is 50.3 Å². The molecule has 1 rings (SSSR count). The Hall–Kier alpha value is 0.0400. The molecule has 1 heterocycles. The molecule has 0 amide bonds. The van der Waals surface area contributed by atoms with Gasteiger partial charge in [-0.15, -0.1) is 10.2 Å². The van der Waals surface area contributed by atoms with Gasteiger partial charge in [0.25, 0.3) is 0 Å². The molecule has 0 aliphatic carbocycles. The highest BCUT2D eigenvalue weighted by molar-refractivity contribution is 9.10. The van der Waals surface area contributed by atoms with E-state index in [1.165, 1.54) is 0 Å². The van der Waals surface area contributed by atoms with E-state index >= 15 is 0 Å². The third kappa shape index (κ3) is 1.72. The highest BCUT2D eigenvalue weighted by Crippen LogP contribution is 2.14. The van der Waals surface area contributed by atoms with Gasteiger partial charge in [0.2, 0.25) is 0 Å². The summed E-state index contributed by atoms with van der Waals surface area (Å²) in [6.45, 7) is -2.35. The van der Waals surface area contributed by atoms with Crippen LogP contribution in [0.1, 0.15) is 11.0 Å². The summed E-state index contributed by atoms with van der Waals surface area (Å²) >= 11 is 5.88. The SMILES string of the molecule is [2H]c1c(Br)nnc(Br)c1C([2H])([2H])[2H]. The Balaban J connectivity index is 3.43. The van der Waals surface area contributed by atoms with E-state index in [2.05, 4.69) is 42.1 Å². The van der Waals surface area contributed by atoms with Crippen molar-refractivity contribution in [3.05, 3.63) is 20.8 Å². The summed E-state index contributed by atoms with van der Waals surface area (Å²) in [5.74, 6) is 0. The van der Waals surface area contributed by atoms with E-state index in [0.717, 1.165) is 0 Å². The third-order valence-electron chi connectivity index (χ3n) is 0.660. The molecule has 0 saturated heterocycles.